The van der Waals surface area contributed by atoms with Gasteiger partial charge in [0.1, 0.15) is 0 Å². The zero-order valence-electron chi connectivity index (χ0n) is 18.2. The molecule has 5 nitrogen and oxygen atoms in total. The largest absolute Gasteiger partial charge is 0.385 e. The van der Waals surface area contributed by atoms with E-state index < -0.39 is 5.60 Å². The summed E-state index contributed by atoms with van der Waals surface area (Å²) in [6, 6.07) is 22.9. The first-order chi connectivity index (χ1) is 15.9. The van der Waals surface area contributed by atoms with Crippen molar-refractivity contribution in [3.8, 4) is 0 Å². The van der Waals surface area contributed by atoms with E-state index in [1.54, 1.807) is 24.3 Å². The molecule has 1 fully saturated rings. The van der Waals surface area contributed by atoms with Crippen molar-refractivity contribution in [2.75, 3.05) is 13.1 Å². The zero-order valence-corrected chi connectivity index (χ0v) is 19.8. The summed E-state index contributed by atoms with van der Waals surface area (Å²) in [4.78, 5) is 29.3. The van der Waals surface area contributed by atoms with Gasteiger partial charge in [0.05, 0.1) is 23.3 Å². The fraction of sp³-hybridized carbons (Fsp3) is 0.259. The molecule has 0 spiro atoms. The molecule has 0 saturated carbocycles. The fourth-order valence-electron chi connectivity index (χ4n) is 4.79. The van der Waals surface area contributed by atoms with E-state index in [0.29, 0.717) is 24.0 Å². The number of carbonyl (C=O) groups excluding carboxylic acids is 2. The molecule has 168 valence electrons. The number of amides is 2. The van der Waals surface area contributed by atoms with Crippen LogP contribution in [0.2, 0.25) is 0 Å². The topological polar surface area (TPSA) is 60.9 Å². The van der Waals surface area contributed by atoms with Gasteiger partial charge in [-0.1, -0.05) is 64.5 Å². The summed E-state index contributed by atoms with van der Waals surface area (Å²) in [6.07, 6.45) is 1.32. The number of benzene rings is 3. The molecule has 1 N–H and O–H groups in total. The Morgan fingerprint density at radius 2 is 1.27 bits per heavy atom. The summed E-state index contributed by atoms with van der Waals surface area (Å²) < 4.78 is 1.00. The Labute approximate surface area is 201 Å². The molecule has 0 aliphatic carbocycles. The van der Waals surface area contributed by atoms with Gasteiger partial charge in [-0.2, -0.15) is 0 Å². The van der Waals surface area contributed by atoms with Crippen molar-refractivity contribution in [1.29, 1.82) is 0 Å². The van der Waals surface area contributed by atoms with E-state index in [1.165, 1.54) is 4.90 Å². The zero-order chi connectivity index (χ0) is 23.0. The number of halogens is 1. The maximum atomic E-state index is 12.8. The number of hydrogen-bond acceptors (Lipinski definition) is 4. The highest BCUT2D eigenvalue weighted by Crippen LogP contribution is 2.34. The Balaban J connectivity index is 1.27. The van der Waals surface area contributed by atoms with Crippen LogP contribution in [0, 0.1) is 0 Å². The van der Waals surface area contributed by atoms with Crippen LogP contribution in [0.1, 0.15) is 50.2 Å². The quantitative estimate of drug-likeness (QED) is 0.510. The molecular weight excluding hydrogens is 480 g/mol. The lowest BCUT2D eigenvalue weighted by atomic mass is 9.84. The highest BCUT2D eigenvalue weighted by molar-refractivity contribution is 9.10. The van der Waals surface area contributed by atoms with E-state index in [0.717, 1.165) is 40.8 Å². The van der Waals surface area contributed by atoms with Gasteiger partial charge in [-0.15, -0.1) is 0 Å². The molecule has 2 amide bonds. The van der Waals surface area contributed by atoms with Crippen LogP contribution in [0.4, 0.5) is 0 Å². The maximum absolute atomic E-state index is 12.8. The molecule has 1 saturated heterocycles. The van der Waals surface area contributed by atoms with Gasteiger partial charge in [0.25, 0.3) is 11.8 Å². The van der Waals surface area contributed by atoms with E-state index in [-0.39, 0.29) is 18.4 Å². The van der Waals surface area contributed by atoms with Crippen molar-refractivity contribution in [2.45, 2.75) is 31.5 Å². The second-order valence-corrected chi connectivity index (χ2v) is 9.74. The first kappa shape index (κ1) is 22.0. The monoisotopic (exact) mass is 504 g/mol. The van der Waals surface area contributed by atoms with Crippen LogP contribution in [0.5, 0.6) is 0 Å². The predicted molar refractivity (Wildman–Crippen MR) is 130 cm³/mol. The molecule has 0 aromatic heterocycles. The van der Waals surface area contributed by atoms with Gasteiger partial charge in [-0.05, 0) is 53.8 Å². The number of imide groups is 1. The Kier molecular flexibility index (Phi) is 5.91. The molecule has 3 aromatic rings. The van der Waals surface area contributed by atoms with Gasteiger partial charge >= 0.3 is 0 Å². The van der Waals surface area contributed by atoms with Crippen LogP contribution in [-0.4, -0.2) is 39.8 Å². The summed E-state index contributed by atoms with van der Waals surface area (Å²) in [5, 5.41) is 11.2. The number of rotatable bonds is 5. The van der Waals surface area contributed by atoms with Crippen molar-refractivity contribution in [3.63, 3.8) is 0 Å². The van der Waals surface area contributed by atoms with Gasteiger partial charge in [-0.25, -0.2) is 0 Å². The Morgan fingerprint density at radius 3 is 1.85 bits per heavy atom. The van der Waals surface area contributed by atoms with E-state index in [2.05, 4.69) is 26.9 Å². The van der Waals surface area contributed by atoms with Gasteiger partial charge in [0, 0.05) is 24.1 Å². The number of aliphatic hydroxyl groups is 1. The van der Waals surface area contributed by atoms with E-state index >= 15 is 0 Å². The van der Waals surface area contributed by atoms with Crippen LogP contribution in [0.25, 0.3) is 0 Å². The smallest absolute Gasteiger partial charge is 0.261 e. The Bertz CT molecular complexity index is 1160. The molecule has 2 aliphatic heterocycles. The molecule has 0 radical (unpaired) electrons. The van der Waals surface area contributed by atoms with Gasteiger partial charge in [-0.3, -0.25) is 19.4 Å². The van der Waals surface area contributed by atoms with Gasteiger partial charge in [0.2, 0.25) is 0 Å². The molecule has 2 heterocycles. The van der Waals surface area contributed by atoms with Crippen molar-refractivity contribution >= 4 is 27.7 Å². The minimum Gasteiger partial charge on any atom is -0.385 e. The average molecular weight is 505 g/mol. The number of piperidine rings is 1. The third-order valence-electron chi connectivity index (χ3n) is 6.78. The van der Waals surface area contributed by atoms with Crippen molar-refractivity contribution < 1.29 is 14.7 Å². The number of fused-ring (bicyclic) bond motifs is 1. The molecule has 33 heavy (non-hydrogen) atoms. The highest BCUT2D eigenvalue weighted by Gasteiger charge is 2.36. The molecule has 5 rings (SSSR count). The summed E-state index contributed by atoms with van der Waals surface area (Å²) in [5.41, 5.74) is 3.17. The minimum absolute atomic E-state index is 0.233. The number of hydrogen-bond donors (Lipinski definition) is 1. The number of carbonyl (C=O) groups is 2. The predicted octanol–water partition coefficient (Wildman–Crippen LogP) is 4.73. The normalized spacial score (nSPS) is 17.9. The third kappa shape index (κ3) is 4.26. The van der Waals surface area contributed by atoms with Crippen LogP contribution in [0.15, 0.2) is 77.3 Å². The van der Waals surface area contributed by atoms with Crippen molar-refractivity contribution in [2.24, 2.45) is 0 Å². The number of likely N-dealkylation sites (tertiary alicyclic amines) is 1. The highest BCUT2D eigenvalue weighted by atomic mass is 79.9. The molecular formula is C27H25BrN2O3. The standard InChI is InChI=1S/C27H25BrN2O3/c28-22-11-9-21(10-12-22)27(33)13-15-29(16-14-27)17-19-5-1-2-6-20(19)18-30-25(31)23-7-3-4-8-24(23)26(30)32/h1-12,33H,13-18H2. The molecule has 0 atom stereocenters. The summed E-state index contributed by atoms with van der Waals surface area (Å²) in [6.45, 7) is 2.52. The van der Waals surface area contributed by atoms with E-state index in [4.69, 9.17) is 0 Å². The summed E-state index contributed by atoms with van der Waals surface area (Å²) >= 11 is 3.45. The first-order valence-electron chi connectivity index (χ1n) is 11.2. The molecule has 3 aromatic carbocycles. The second kappa shape index (κ2) is 8.86. The average Bonchev–Trinajstić information content (AvgIpc) is 3.07. The third-order valence-corrected chi connectivity index (χ3v) is 7.31. The van der Waals surface area contributed by atoms with Crippen LogP contribution >= 0.6 is 15.9 Å². The summed E-state index contributed by atoms with van der Waals surface area (Å²) in [5.74, 6) is -0.467. The lowest BCUT2D eigenvalue weighted by Gasteiger charge is -2.39. The van der Waals surface area contributed by atoms with E-state index in [9.17, 15) is 14.7 Å². The summed E-state index contributed by atoms with van der Waals surface area (Å²) in [7, 11) is 0. The van der Waals surface area contributed by atoms with E-state index in [1.807, 2.05) is 42.5 Å². The SMILES string of the molecule is O=C1c2ccccc2C(=O)N1Cc1ccccc1CN1CCC(O)(c2ccc(Br)cc2)CC1. The Morgan fingerprint density at radius 1 is 0.758 bits per heavy atom. The van der Waals surface area contributed by atoms with Crippen LogP contribution in [0.3, 0.4) is 0 Å². The van der Waals surface area contributed by atoms with Gasteiger partial charge in [0.15, 0.2) is 0 Å². The lowest BCUT2D eigenvalue weighted by Crippen LogP contribution is -2.42. The lowest BCUT2D eigenvalue weighted by molar-refractivity contribution is -0.0278. The van der Waals surface area contributed by atoms with Gasteiger partial charge < -0.3 is 5.11 Å². The maximum Gasteiger partial charge on any atom is 0.261 e. The van der Waals surface area contributed by atoms with Crippen molar-refractivity contribution in [3.05, 3.63) is 105 Å². The first-order valence-corrected chi connectivity index (χ1v) is 12.0. The van der Waals surface area contributed by atoms with Crippen LogP contribution < -0.4 is 0 Å². The second-order valence-electron chi connectivity index (χ2n) is 8.83. The van der Waals surface area contributed by atoms with Crippen molar-refractivity contribution in [1.82, 2.24) is 9.80 Å². The molecule has 2 aliphatic rings. The molecule has 0 unspecified atom stereocenters. The molecule has 6 heteroatoms. The minimum atomic E-state index is -0.809. The fourth-order valence-corrected chi connectivity index (χ4v) is 5.05. The number of nitrogens with zero attached hydrogens (tertiary/aromatic N) is 2. The molecule has 0 bridgehead atoms. The Hall–Kier alpha value is -2.80. The van der Waals surface area contributed by atoms with Crippen LogP contribution in [-0.2, 0) is 18.7 Å².